The molecule has 0 aliphatic carbocycles. The van der Waals surface area contributed by atoms with Crippen molar-refractivity contribution in [3.63, 3.8) is 0 Å². The van der Waals surface area contributed by atoms with Crippen LogP contribution in [0.25, 0.3) is 10.1 Å². The minimum atomic E-state index is 0.0990. The number of fused-ring (bicyclic) bond motifs is 1. The summed E-state index contributed by atoms with van der Waals surface area (Å²) >= 11 is 1.50. The third kappa shape index (κ3) is 3.04. The Balaban J connectivity index is 1.74. The van der Waals surface area contributed by atoms with E-state index in [9.17, 15) is 0 Å². The first-order chi connectivity index (χ1) is 10.7. The van der Waals surface area contributed by atoms with Crippen LogP contribution in [0.4, 0.5) is 0 Å². The van der Waals surface area contributed by atoms with Crippen LogP contribution >= 0.6 is 11.3 Å². The van der Waals surface area contributed by atoms with Crippen molar-refractivity contribution >= 4 is 27.3 Å². The quantitative estimate of drug-likeness (QED) is 0.556. The summed E-state index contributed by atoms with van der Waals surface area (Å²) in [5.41, 5.74) is 6.61. The van der Waals surface area contributed by atoms with E-state index < -0.39 is 0 Å². The van der Waals surface area contributed by atoms with Gasteiger partial charge in [-0.25, -0.2) is 0 Å². The number of benzene rings is 2. The molecule has 0 amide bonds. The SMILES string of the molecule is COc1ccc(COc2ccc3cc(C(=N)N)sc3c2)cc1. The molecule has 0 unspecified atom stereocenters. The van der Waals surface area contributed by atoms with Crippen LogP contribution in [0.1, 0.15) is 10.4 Å². The van der Waals surface area contributed by atoms with Gasteiger partial charge in [0.05, 0.1) is 12.0 Å². The number of thiophene rings is 1. The van der Waals surface area contributed by atoms with E-state index in [0.29, 0.717) is 6.61 Å². The number of rotatable bonds is 5. The fourth-order valence-electron chi connectivity index (χ4n) is 2.12. The monoisotopic (exact) mass is 312 g/mol. The molecule has 4 nitrogen and oxygen atoms in total. The Kier molecular flexibility index (Phi) is 3.98. The highest BCUT2D eigenvalue weighted by Crippen LogP contribution is 2.29. The van der Waals surface area contributed by atoms with Crippen molar-refractivity contribution in [3.05, 3.63) is 59.0 Å². The van der Waals surface area contributed by atoms with Crippen LogP contribution in [-0.4, -0.2) is 12.9 Å². The highest BCUT2D eigenvalue weighted by atomic mass is 32.1. The smallest absolute Gasteiger partial charge is 0.133 e. The molecule has 0 aliphatic heterocycles. The summed E-state index contributed by atoms with van der Waals surface area (Å²) in [6, 6.07) is 15.6. The number of nitrogen functional groups attached to an aromatic ring is 1. The Morgan fingerprint density at radius 1 is 1.09 bits per heavy atom. The van der Waals surface area contributed by atoms with Crippen LogP contribution in [0.5, 0.6) is 11.5 Å². The first-order valence-electron chi connectivity index (χ1n) is 6.79. The molecule has 0 fully saturated rings. The van der Waals surface area contributed by atoms with E-state index >= 15 is 0 Å². The maximum Gasteiger partial charge on any atom is 0.133 e. The van der Waals surface area contributed by atoms with Crippen molar-refractivity contribution < 1.29 is 9.47 Å². The summed E-state index contributed by atoms with van der Waals surface area (Å²) in [4.78, 5) is 0.780. The van der Waals surface area contributed by atoms with E-state index in [4.69, 9.17) is 20.6 Å². The predicted octanol–water partition coefficient (Wildman–Crippen LogP) is 3.77. The van der Waals surface area contributed by atoms with E-state index in [1.807, 2.05) is 48.5 Å². The van der Waals surface area contributed by atoms with E-state index in [-0.39, 0.29) is 5.84 Å². The number of hydrogen-bond acceptors (Lipinski definition) is 4. The molecule has 1 heterocycles. The average Bonchev–Trinajstić information content (AvgIpc) is 2.97. The summed E-state index contributed by atoms with van der Waals surface area (Å²) in [5.74, 6) is 1.74. The molecule has 5 heteroatoms. The van der Waals surface area contributed by atoms with E-state index in [2.05, 4.69) is 0 Å². The second kappa shape index (κ2) is 6.07. The average molecular weight is 312 g/mol. The molecule has 0 bridgehead atoms. The lowest BCUT2D eigenvalue weighted by Gasteiger charge is -2.07. The van der Waals surface area contributed by atoms with Gasteiger partial charge in [-0.1, -0.05) is 12.1 Å². The number of ether oxygens (including phenoxy) is 2. The molecule has 0 radical (unpaired) electrons. The lowest BCUT2D eigenvalue weighted by atomic mass is 10.2. The van der Waals surface area contributed by atoms with E-state index in [0.717, 1.165) is 32.0 Å². The zero-order valence-electron chi connectivity index (χ0n) is 12.1. The molecular formula is C17H16N2O2S. The van der Waals surface area contributed by atoms with Gasteiger partial charge in [0.15, 0.2) is 0 Å². The molecule has 3 aromatic rings. The van der Waals surface area contributed by atoms with Crippen molar-refractivity contribution in [2.75, 3.05) is 7.11 Å². The highest BCUT2D eigenvalue weighted by Gasteiger charge is 2.05. The zero-order chi connectivity index (χ0) is 15.5. The number of methoxy groups -OCH3 is 1. The third-order valence-corrected chi connectivity index (χ3v) is 4.45. The Hall–Kier alpha value is -2.53. The van der Waals surface area contributed by atoms with Crippen LogP contribution < -0.4 is 15.2 Å². The molecular weight excluding hydrogens is 296 g/mol. The minimum Gasteiger partial charge on any atom is -0.497 e. The largest absolute Gasteiger partial charge is 0.497 e. The van der Waals surface area contributed by atoms with Gasteiger partial charge >= 0.3 is 0 Å². The summed E-state index contributed by atoms with van der Waals surface area (Å²) in [5, 5.41) is 8.57. The summed E-state index contributed by atoms with van der Waals surface area (Å²) in [7, 11) is 1.65. The van der Waals surface area contributed by atoms with Crippen molar-refractivity contribution in [2.24, 2.45) is 5.73 Å². The van der Waals surface area contributed by atoms with Crippen LogP contribution in [-0.2, 0) is 6.61 Å². The van der Waals surface area contributed by atoms with E-state index in [1.54, 1.807) is 7.11 Å². The molecule has 1 aromatic heterocycles. The van der Waals surface area contributed by atoms with Crippen molar-refractivity contribution in [1.29, 1.82) is 5.41 Å². The van der Waals surface area contributed by atoms with Gasteiger partial charge in [-0.05, 0) is 47.3 Å². The Bertz CT molecular complexity index is 809. The van der Waals surface area contributed by atoms with Gasteiger partial charge in [0.25, 0.3) is 0 Å². The van der Waals surface area contributed by atoms with Gasteiger partial charge in [-0.2, -0.15) is 0 Å². The minimum absolute atomic E-state index is 0.0990. The molecule has 0 saturated carbocycles. The summed E-state index contributed by atoms with van der Waals surface area (Å²) in [6.45, 7) is 0.500. The van der Waals surface area contributed by atoms with Crippen LogP contribution in [0.3, 0.4) is 0 Å². The first-order valence-corrected chi connectivity index (χ1v) is 7.61. The lowest BCUT2D eigenvalue weighted by Crippen LogP contribution is -2.08. The normalized spacial score (nSPS) is 10.6. The molecule has 3 N–H and O–H groups in total. The van der Waals surface area contributed by atoms with Gasteiger partial charge < -0.3 is 15.2 Å². The Labute approximate surface area is 132 Å². The van der Waals surface area contributed by atoms with Crippen LogP contribution in [0.15, 0.2) is 48.5 Å². The molecule has 0 spiro atoms. The molecule has 22 heavy (non-hydrogen) atoms. The topological polar surface area (TPSA) is 68.3 Å². The maximum absolute atomic E-state index is 7.49. The summed E-state index contributed by atoms with van der Waals surface area (Å²) in [6.07, 6.45) is 0. The summed E-state index contributed by atoms with van der Waals surface area (Å²) < 4.78 is 12.0. The van der Waals surface area contributed by atoms with Crippen LogP contribution in [0, 0.1) is 5.41 Å². The van der Waals surface area contributed by atoms with Crippen molar-refractivity contribution in [2.45, 2.75) is 6.61 Å². The molecule has 3 rings (SSSR count). The molecule has 112 valence electrons. The van der Waals surface area contributed by atoms with E-state index in [1.165, 1.54) is 11.3 Å². The Morgan fingerprint density at radius 2 is 1.82 bits per heavy atom. The second-order valence-corrected chi connectivity index (χ2v) is 5.94. The van der Waals surface area contributed by atoms with Gasteiger partial charge in [-0.15, -0.1) is 11.3 Å². The Morgan fingerprint density at radius 3 is 2.50 bits per heavy atom. The van der Waals surface area contributed by atoms with Gasteiger partial charge in [0.1, 0.15) is 23.9 Å². The molecule has 0 saturated heterocycles. The van der Waals surface area contributed by atoms with Crippen molar-refractivity contribution in [1.82, 2.24) is 0 Å². The predicted molar refractivity (Wildman–Crippen MR) is 90.2 cm³/mol. The third-order valence-electron chi connectivity index (χ3n) is 3.32. The number of amidine groups is 1. The van der Waals surface area contributed by atoms with Crippen LogP contribution in [0.2, 0.25) is 0 Å². The molecule has 2 aromatic carbocycles. The molecule has 0 atom stereocenters. The fraction of sp³-hybridized carbons (Fsp3) is 0.118. The van der Waals surface area contributed by atoms with Crippen molar-refractivity contribution in [3.8, 4) is 11.5 Å². The number of hydrogen-bond donors (Lipinski definition) is 2. The van der Waals surface area contributed by atoms with Gasteiger partial charge in [-0.3, -0.25) is 5.41 Å². The molecule has 0 aliphatic rings. The number of nitrogens with two attached hydrogens (primary N) is 1. The fourth-order valence-corrected chi connectivity index (χ4v) is 3.08. The zero-order valence-corrected chi connectivity index (χ0v) is 12.9. The van der Waals surface area contributed by atoms with Gasteiger partial charge in [0, 0.05) is 4.70 Å². The number of nitrogens with one attached hydrogen (secondary N) is 1. The maximum atomic E-state index is 7.49. The second-order valence-electron chi connectivity index (χ2n) is 4.86. The standard InChI is InChI=1S/C17H16N2O2S/c1-20-13-5-2-11(3-6-13)10-21-14-7-4-12-8-16(17(18)19)22-15(12)9-14/h2-9H,10H2,1H3,(H3,18,19). The van der Waals surface area contributed by atoms with Gasteiger partial charge in [0.2, 0.25) is 0 Å². The highest BCUT2D eigenvalue weighted by molar-refractivity contribution is 7.20. The lowest BCUT2D eigenvalue weighted by molar-refractivity contribution is 0.306. The first kappa shape index (κ1) is 14.4.